The van der Waals surface area contributed by atoms with Crippen LogP contribution in [0.5, 0.6) is 0 Å². The van der Waals surface area contributed by atoms with E-state index in [1.807, 2.05) is 0 Å². The van der Waals surface area contributed by atoms with E-state index in [1.54, 1.807) is 0 Å². The van der Waals surface area contributed by atoms with Gasteiger partial charge in [0.05, 0.1) is 13.0 Å². The van der Waals surface area contributed by atoms with Gasteiger partial charge in [-0.15, -0.1) is 0 Å². The lowest BCUT2D eigenvalue weighted by atomic mass is 10.1. The average Bonchev–Trinajstić information content (AvgIpc) is 2.75. The summed E-state index contributed by atoms with van der Waals surface area (Å²) < 4.78 is 4.79. The van der Waals surface area contributed by atoms with E-state index in [2.05, 4.69) is 12.2 Å². The van der Waals surface area contributed by atoms with Crippen LogP contribution in [0, 0.1) is 17.8 Å². The summed E-state index contributed by atoms with van der Waals surface area (Å²) in [4.78, 5) is 11.3. The maximum atomic E-state index is 11.3. The molecule has 0 aromatic rings. The summed E-state index contributed by atoms with van der Waals surface area (Å²) in [5, 5.41) is 0. The molecular formula is C11H16O2. The van der Waals surface area contributed by atoms with Crippen LogP contribution in [0.2, 0.25) is 0 Å². The van der Waals surface area contributed by atoms with Crippen LogP contribution in [0.25, 0.3) is 0 Å². The van der Waals surface area contributed by atoms with Crippen molar-refractivity contribution in [1.82, 2.24) is 0 Å². The van der Waals surface area contributed by atoms with Gasteiger partial charge in [-0.1, -0.05) is 12.2 Å². The maximum Gasteiger partial charge on any atom is 0.309 e. The number of fused-ring (bicyclic) bond motifs is 1. The molecule has 2 atom stereocenters. The number of carbonyl (C=O) groups is 1. The molecule has 0 N–H and O–H groups in total. The Bertz CT molecular complexity index is 216. The highest BCUT2D eigenvalue weighted by molar-refractivity contribution is 5.76. The lowest BCUT2D eigenvalue weighted by molar-refractivity contribution is -0.142. The highest BCUT2D eigenvalue weighted by Gasteiger charge is 2.53. The second kappa shape index (κ2) is 3.52. The topological polar surface area (TPSA) is 26.3 Å². The van der Waals surface area contributed by atoms with Crippen LogP contribution in [-0.2, 0) is 9.53 Å². The minimum atomic E-state index is 0.0110. The Balaban J connectivity index is 1.95. The fraction of sp³-hybridized carbons (Fsp3) is 0.727. The number of rotatable bonds is 1. The monoisotopic (exact) mass is 180 g/mol. The molecule has 0 aromatic heterocycles. The molecule has 0 spiro atoms. The van der Waals surface area contributed by atoms with Gasteiger partial charge in [-0.05, 0) is 37.5 Å². The van der Waals surface area contributed by atoms with Crippen molar-refractivity contribution in [3.8, 4) is 0 Å². The van der Waals surface area contributed by atoms with Crippen LogP contribution >= 0.6 is 0 Å². The number of carbonyl (C=O) groups excluding carboxylic acids is 1. The Morgan fingerprint density at radius 1 is 1.23 bits per heavy atom. The van der Waals surface area contributed by atoms with Crippen molar-refractivity contribution in [3.63, 3.8) is 0 Å². The Kier molecular flexibility index (Phi) is 2.38. The quantitative estimate of drug-likeness (QED) is 0.456. The maximum absolute atomic E-state index is 11.3. The molecule has 0 amide bonds. The second-order valence-electron chi connectivity index (χ2n) is 4.00. The Morgan fingerprint density at radius 3 is 2.23 bits per heavy atom. The molecule has 2 heteroatoms. The Hall–Kier alpha value is -0.790. The number of ether oxygens (including phenoxy) is 1. The predicted molar refractivity (Wildman–Crippen MR) is 50.1 cm³/mol. The third-order valence-electron chi connectivity index (χ3n) is 3.30. The molecule has 1 fully saturated rings. The molecular weight excluding hydrogens is 164 g/mol. The zero-order chi connectivity index (χ0) is 9.26. The smallest absolute Gasteiger partial charge is 0.309 e. The molecule has 0 radical (unpaired) electrons. The van der Waals surface area contributed by atoms with Crippen molar-refractivity contribution in [2.75, 3.05) is 7.11 Å². The van der Waals surface area contributed by atoms with Gasteiger partial charge in [-0.3, -0.25) is 4.79 Å². The number of allylic oxidation sites excluding steroid dienone is 2. The van der Waals surface area contributed by atoms with Crippen LogP contribution in [0.3, 0.4) is 0 Å². The zero-order valence-electron chi connectivity index (χ0n) is 8.03. The predicted octanol–water partition coefficient (Wildman–Crippen LogP) is 2.15. The van der Waals surface area contributed by atoms with Crippen LogP contribution in [-0.4, -0.2) is 13.1 Å². The first-order chi connectivity index (χ1) is 6.34. The van der Waals surface area contributed by atoms with E-state index >= 15 is 0 Å². The summed E-state index contributed by atoms with van der Waals surface area (Å²) in [5.74, 6) is 1.48. The van der Waals surface area contributed by atoms with Gasteiger partial charge in [-0.25, -0.2) is 0 Å². The van der Waals surface area contributed by atoms with Gasteiger partial charge in [0.25, 0.3) is 0 Å². The molecule has 2 nitrogen and oxygen atoms in total. The molecule has 2 aliphatic carbocycles. The minimum Gasteiger partial charge on any atom is -0.469 e. The number of esters is 1. The van der Waals surface area contributed by atoms with Crippen LogP contribution in [0.15, 0.2) is 12.2 Å². The van der Waals surface area contributed by atoms with Gasteiger partial charge in [0.15, 0.2) is 0 Å². The molecule has 1 saturated carbocycles. The normalized spacial score (nSPS) is 37.2. The van der Waals surface area contributed by atoms with Gasteiger partial charge in [0, 0.05) is 0 Å². The van der Waals surface area contributed by atoms with Crippen molar-refractivity contribution < 1.29 is 9.53 Å². The molecule has 2 unspecified atom stereocenters. The molecule has 13 heavy (non-hydrogen) atoms. The van der Waals surface area contributed by atoms with Crippen LogP contribution in [0.4, 0.5) is 0 Å². The van der Waals surface area contributed by atoms with E-state index in [1.165, 1.54) is 20.0 Å². The van der Waals surface area contributed by atoms with E-state index in [0.717, 1.165) is 12.8 Å². The van der Waals surface area contributed by atoms with Gasteiger partial charge in [0.2, 0.25) is 0 Å². The summed E-state index contributed by atoms with van der Waals surface area (Å²) in [6, 6.07) is 0. The molecule has 0 saturated heterocycles. The van der Waals surface area contributed by atoms with Crippen LogP contribution in [0.1, 0.15) is 25.7 Å². The van der Waals surface area contributed by atoms with E-state index < -0.39 is 0 Å². The largest absolute Gasteiger partial charge is 0.469 e. The third-order valence-corrected chi connectivity index (χ3v) is 3.30. The highest BCUT2D eigenvalue weighted by Crippen LogP contribution is 2.53. The summed E-state index contributed by atoms with van der Waals surface area (Å²) in [6.07, 6.45) is 9.08. The van der Waals surface area contributed by atoms with Crippen molar-refractivity contribution in [2.24, 2.45) is 17.8 Å². The first kappa shape index (κ1) is 8.79. The third kappa shape index (κ3) is 1.62. The van der Waals surface area contributed by atoms with E-state index in [-0.39, 0.29) is 11.9 Å². The van der Waals surface area contributed by atoms with E-state index in [0.29, 0.717) is 11.8 Å². The number of hydrogen-bond donors (Lipinski definition) is 0. The molecule has 2 aliphatic rings. The van der Waals surface area contributed by atoms with Gasteiger partial charge in [-0.2, -0.15) is 0 Å². The zero-order valence-corrected chi connectivity index (χ0v) is 8.03. The summed E-state index contributed by atoms with van der Waals surface area (Å²) in [6.45, 7) is 0. The molecule has 2 rings (SSSR count). The van der Waals surface area contributed by atoms with E-state index in [9.17, 15) is 4.79 Å². The summed E-state index contributed by atoms with van der Waals surface area (Å²) in [7, 11) is 1.49. The average molecular weight is 180 g/mol. The number of methoxy groups -OCH3 is 1. The van der Waals surface area contributed by atoms with Crippen molar-refractivity contribution in [2.45, 2.75) is 25.7 Å². The standard InChI is InChI=1S/C11H16O2/c1-13-11(12)10-8-6-4-2-3-5-7-9(8)10/h2-3,8-10H,4-7H2,1H3. The fourth-order valence-corrected chi connectivity index (χ4v) is 2.53. The molecule has 0 aromatic carbocycles. The first-order valence-corrected chi connectivity index (χ1v) is 5.07. The van der Waals surface area contributed by atoms with Crippen molar-refractivity contribution in [3.05, 3.63) is 12.2 Å². The second-order valence-corrected chi connectivity index (χ2v) is 4.00. The van der Waals surface area contributed by atoms with E-state index in [4.69, 9.17) is 4.74 Å². The van der Waals surface area contributed by atoms with Crippen molar-refractivity contribution >= 4 is 5.97 Å². The number of hydrogen-bond acceptors (Lipinski definition) is 2. The summed E-state index contributed by atoms with van der Waals surface area (Å²) >= 11 is 0. The fourth-order valence-electron chi connectivity index (χ4n) is 2.53. The highest BCUT2D eigenvalue weighted by atomic mass is 16.5. The van der Waals surface area contributed by atoms with Crippen LogP contribution < -0.4 is 0 Å². The van der Waals surface area contributed by atoms with Crippen molar-refractivity contribution in [1.29, 1.82) is 0 Å². The molecule has 0 aliphatic heterocycles. The van der Waals surface area contributed by atoms with Gasteiger partial charge >= 0.3 is 5.97 Å². The Morgan fingerprint density at radius 2 is 1.77 bits per heavy atom. The first-order valence-electron chi connectivity index (χ1n) is 5.07. The lowest BCUT2D eigenvalue weighted by Gasteiger charge is -1.98. The molecule has 0 bridgehead atoms. The van der Waals surface area contributed by atoms with Gasteiger partial charge in [0.1, 0.15) is 0 Å². The SMILES string of the molecule is COC(=O)C1C2CCC=CCCC21. The lowest BCUT2D eigenvalue weighted by Crippen LogP contribution is -2.05. The molecule has 0 heterocycles. The molecule has 72 valence electrons. The summed E-state index contributed by atoms with van der Waals surface area (Å²) in [5.41, 5.74) is 0. The minimum absolute atomic E-state index is 0.0110. The Labute approximate surface area is 79.0 Å². The van der Waals surface area contributed by atoms with Gasteiger partial charge < -0.3 is 4.74 Å².